The Morgan fingerprint density at radius 3 is 2.69 bits per heavy atom. The van der Waals surface area contributed by atoms with Gasteiger partial charge in [0.1, 0.15) is 0 Å². The molecule has 9 heteroatoms. The molecule has 32 heavy (non-hydrogen) atoms. The number of hydrogen-bond donors (Lipinski definition) is 1. The maximum Gasteiger partial charge on any atom is 0.335 e. The predicted molar refractivity (Wildman–Crippen MR) is 135 cm³/mol. The molecular weight excluding hydrogens is 543 g/mol. The summed E-state index contributed by atoms with van der Waals surface area (Å²) in [5, 5.41) is 9.71. The molecule has 1 N–H and O–H groups in total. The van der Waals surface area contributed by atoms with Gasteiger partial charge in [0.2, 0.25) is 0 Å². The molecule has 2 aromatic rings. The maximum atomic E-state index is 13.0. The van der Waals surface area contributed by atoms with Crippen molar-refractivity contribution in [1.29, 1.82) is 0 Å². The molecule has 1 saturated heterocycles. The number of nitrogens with zero attached hydrogens (tertiary/aromatic N) is 2. The number of thioether (sulfide) groups is 1. The van der Waals surface area contributed by atoms with Crippen molar-refractivity contribution in [3.05, 3.63) is 56.0 Å². The van der Waals surface area contributed by atoms with Gasteiger partial charge in [-0.25, -0.2) is 9.79 Å². The molecule has 0 radical (unpaired) electrons. The van der Waals surface area contributed by atoms with E-state index in [0.717, 1.165) is 9.13 Å². The van der Waals surface area contributed by atoms with Crippen LogP contribution in [0, 0.1) is 3.57 Å². The standard InChI is InChI=1S/C23H23IN2O5S/c1-5-26-21(27)19(32-23(26)25-16-8-6-7-15(12-16)22(28)29)11-14-9-17(24)20(31-13(2)3)18(10-14)30-4/h6-13H,5H2,1-4H3,(H,28,29)/b19-11+,25-23?. The van der Waals surface area contributed by atoms with Crippen LogP contribution in [0.4, 0.5) is 5.69 Å². The van der Waals surface area contributed by atoms with Crippen LogP contribution in [0.5, 0.6) is 11.5 Å². The van der Waals surface area contributed by atoms with E-state index in [9.17, 15) is 14.7 Å². The molecule has 1 aliphatic rings. The number of carboxylic acids is 1. The summed E-state index contributed by atoms with van der Waals surface area (Å²) in [6, 6.07) is 10.1. The lowest BCUT2D eigenvalue weighted by Gasteiger charge is -2.16. The summed E-state index contributed by atoms with van der Waals surface area (Å²) in [6.45, 7) is 6.22. The van der Waals surface area contributed by atoms with Crippen LogP contribution in [0.3, 0.4) is 0 Å². The third kappa shape index (κ3) is 5.44. The number of halogens is 1. The second kappa shape index (κ2) is 10.4. The van der Waals surface area contributed by atoms with Gasteiger partial charge >= 0.3 is 5.97 Å². The first-order valence-electron chi connectivity index (χ1n) is 9.91. The Balaban J connectivity index is 1.96. The van der Waals surface area contributed by atoms with Crippen molar-refractivity contribution in [3.8, 4) is 11.5 Å². The molecule has 1 fully saturated rings. The number of likely N-dealkylation sites (N-methyl/N-ethyl adjacent to an activating group) is 1. The number of aliphatic imine (C=N–C) groups is 1. The molecule has 1 heterocycles. The van der Waals surface area contributed by atoms with Crippen molar-refractivity contribution in [2.24, 2.45) is 4.99 Å². The topological polar surface area (TPSA) is 88.4 Å². The number of ether oxygens (including phenoxy) is 2. The zero-order chi connectivity index (χ0) is 23.4. The van der Waals surface area contributed by atoms with E-state index in [1.165, 1.54) is 23.9 Å². The normalized spacial score (nSPS) is 16.3. The summed E-state index contributed by atoms with van der Waals surface area (Å²) in [4.78, 5) is 30.8. The summed E-state index contributed by atoms with van der Waals surface area (Å²) in [7, 11) is 1.58. The zero-order valence-electron chi connectivity index (χ0n) is 18.1. The average Bonchev–Trinajstić information content (AvgIpc) is 3.03. The number of amides is 1. The first kappa shape index (κ1) is 24.1. The van der Waals surface area contributed by atoms with E-state index in [4.69, 9.17) is 9.47 Å². The summed E-state index contributed by atoms with van der Waals surface area (Å²) in [5.41, 5.74) is 1.43. The van der Waals surface area contributed by atoms with Gasteiger partial charge in [0.05, 0.1) is 32.9 Å². The fraction of sp³-hybridized carbons (Fsp3) is 0.261. The minimum Gasteiger partial charge on any atom is -0.493 e. The predicted octanol–water partition coefficient (Wildman–Crippen LogP) is 5.41. The van der Waals surface area contributed by atoms with Crippen molar-refractivity contribution < 1.29 is 24.2 Å². The molecule has 1 aliphatic heterocycles. The van der Waals surface area contributed by atoms with Crippen molar-refractivity contribution in [1.82, 2.24) is 4.90 Å². The van der Waals surface area contributed by atoms with Gasteiger partial charge in [-0.05, 0) is 97.1 Å². The van der Waals surface area contributed by atoms with Crippen LogP contribution in [0.25, 0.3) is 6.08 Å². The molecule has 0 bridgehead atoms. The monoisotopic (exact) mass is 566 g/mol. The lowest BCUT2D eigenvalue weighted by Crippen LogP contribution is -2.28. The molecule has 168 valence electrons. The molecule has 0 atom stereocenters. The Kier molecular flexibility index (Phi) is 7.83. The highest BCUT2D eigenvalue weighted by atomic mass is 127. The minimum atomic E-state index is -1.02. The van der Waals surface area contributed by atoms with Crippen LogP contribution < -0.4 is 9.47 Å². The lowest BCUT2D eigenvalue weighted by atomic mass is 10.2. The first-order chi connectivity index (χ1) is 15.2. The second-order valence-electron chi connectivity index (χ2n) is 7.11. The smallest absolute Gasteiger partial charge is 0.335 e. The summed E-state index contributed by atoms with van der Waals surface area (Å²) in [5.74, 6) is 0.0942. The van der Waals surface area contributed by atoms with Crippen LogP contribution in [-0.4, -0.2) is 46.8 Å². The van der Waals surface area contributed by atoms with Crippen molar-refractivity contribution in [2.45, 2.75) is 26.9 Å². The molecule has 0 aliphatic carbocycles. The Morgan fingerprint density at radius 1 is 1.31 bits per heavy atom. The van der Waals surface area contributed by atoms with E-state index < -0.39 is 5.97 Å². The van der Waals surface area contributed by atoms with E-state index in [1.807, 2.05) is 32.9 Å². The van der Waals surface area contributed by atoms with Crippen LogP contribution in [0.15, 0.2) is 46.3 Å². The first-order valence-corrected chi connectivity index (χ1v) is 11.8. The lowest BCUT2D eigenvalue weighted by molar-refractivity contribution is -0.122. The third-order valence-electron chi connectivity index (χ3n) is 4.43. The molecule has 0 unspecified atom stereocenters. The fourth-order valence-electron chi connectivity index (χ4n) is 3.01. The third-order valence-corrected chi connectivity index (χ3v) is 6.23. The van der Waals surface area contributed by atoms with Crippen molar-refractivity contribution in [3.63, 3.8) is 0 Å². The van der Waals surface area contributed by atoms with Gasteiger partial charge < -0.3 is 14.6 Å². The molecule has 3 rings (SSSR count). The van der Waals surface area contributed by atoms with E-state index in [0.29, 0.717) is 33.8 Å². The number of amidine groups is 1. The molecule has 2 aromatic carbocycles. The Bertz CT molecular complexity index is 1110. The van der Waals surface area contributed by atoms with Crippen LogP contribution in [-0.2, 0) is 4.79 Å². The highest BCUT2D eigenvalue weighted by Gasteiger charge is 2.32. The number of carboxylic acid groups (broad SMARTS) is 1. The molecule has 7 nitrogen and oxygen atoms in total. The van der Waals surface area contributed by atoms with Crippen LogP contribution in [0.2, 0.25) is 0 Å². The maximum absolute atomic E-state index is 13.0. The van der Waals surface area contributed by atoms with Crippen LogP contribution >= 0.6 is 34.4 Å². The van der Waals surface area contributed by atoms with Crippen LogP contribution in [0.1, 0.15) is 36.7 Å². The second-order valence-corrected chi connectivity index (χ2v) is 9.28. The number of carbonyl (C=O) groups is 2. The van der Waals surface area contributed by atoms with Gasteiger partial charge in [-0.2, -0.15) is 0 Å². The molecule has 0 aromatic heterocycles. The van der Waals surface area contributed by atoms with E-state index in [-0.39, 0.29) is 17.6 Å². The number of aromatic carboxylic acids is 1. The Hall–Kier alpha value is -2.53. The molecule has 1 amide bonds. The highest BCUT2D eigenvalue weighted by molar-refractivity contribution is 14.1. The molecule has 0 spiro atoms. The molecular formula is C23H23IN2O5S. The van der Waals surface area contributed by atoms with E-state index in [1.54, 1.807) is 30.2 Å². The van der Waals surface area contributed by atoms with Gasteiger partial charge in [0, 0.05) is 6.54 Å². The number of carbonyl (C=O) groups excluding carboxylic acids is 1. The minimum absolute atomic E-state index is 0.00472. The van der Waals surface area contributed by atoms with Gasteiger partial charge in [-0.15, -0.1) is 0 Å². The van der Waals surface area contributed by atoms with Gasteiger partial charge in [0.15, 0.2) is 16.7 Å². The van der Waals surface area contributed by atoms with Gasteiger partial charge in [-0.3, -0.25) is 9.69 Å². The largest absolute Gasteiger partial charge is 0.493 e. The fourth-order valence-corrected chi connectivity index (χ4v) is 4.83. The van der Waals surface area contributed by atoms with Gasteiger partial charge in [0.25, 0.3) is 5.91 Å². The summed E-state index contributed by atoms with van der Waals surface area (Å²) >= 11 is 3.45. The highest BCUT2D eigenvalue weighted by Crippen LogP contribution is 2.38. The van der Waals surface area contributed by atoms with Crippen molar-refractivity contribution >= 4 is 63.2 Å². The number of methoxy groups -OCH3 is 1. The van der Waals surface area contributed by atoms with Crippen molar-refractivity contribution in [2.75, 3.05) is 13.7 Å². The van der Waals surface area contributed by atoms with Gasteiger partial charge in [-0.1, -0.05) is 6.07 Å². The Morgan fingerprint density at radius 2 is 2.06 bits per heavy atom. The summed E-state index contributed by atoms with van der Waals surface area (Å²) in [6.07, 6.45) is 1.81. The summed E-state index contributed by atoms with van der Waals surface area (Å²) < 4.78 is 12.2. The number of benzene rings is 2. The number of rotatable bonds is 7. The molecule has 0 saturated carbocycles. The zero-order valence-corrected chi connectivity index (χ0v) is 21.1. The SMILES string of the molecule is CCN1C(=O)/C(=C\c2cc(I)c(OC(C)C)c(OC)c2)SC1=Nc1cccc(C(=O)O)c1. The number of hydrogen-bond acceptors (Lipinski definition) is 6. The average molecular weight is 566 g/mol. The quantitative estimate of drug-likeness (QED) is 0.356. The Labute approximate surface area is 204 Å². The van der Waals surface area contributed by atoms with E-state index in [2.05, 4.69) is 27.6 Å². The van der Waals surface area contributed by atoms with E-state index >= 15 is 0 Å².